The molecule has 0 heterocycles. The van der Waals surface area contributed by atoms with Crippen molar-refractivity contribution in [2.75, 3.05) is 13.2 Å². The standard InChI is InChI=1S/C17H36BrNO/c1-2-3-4-5-6-7-8-9-10-11-12-13-15-20-16-14-17(18)19/h17H,2-16,19H2,1H3. The van der Waals surface area contributed by atoms with Crippen LogP contribution in [-0.4, -0.2) is 18.2 Å². The molecule has 0 fully saturated rings. The first-order valence-corrected chi connectivity index (χ1v) is 9.66. The number of ether oxygens (including phenoxy) is 1. The van der Waals surface area contributed by atoms with Crippen LogP contribution in [-0.2, 0) is 4.74 Å². The predicted molar refractivity (Wildman–Crippen MR) is 93.4 cm³/mol. The smallest absolute Gasteiger partial charge is 0.0627 e. The summed E-state index contributed by atoms with van der Waals surface area (Å²) in [6, 6.07) is 0. The van der Waals surface area contributed by atoms with E-state index in [0.717, 1.165) is 19.6 Å². The molecule has 3 heteroatoms. The first kappa shape index (κ1) is 20.4. The van der Waals surface area contributed by atoms with E-state index < -0.39 is 0 Å². The molecule has 1 atom stereocenters. The Morgan fingerprint density at radius 2 is 1.20 bits per heavy atom. The molecule has 0 saturated heterocycles. The highest BCUT2D eigenvalue weighted by atomic mass is 79.9. The third-order valence-electron chi connectivity index (χ3n) is 3.68. The van der Waals surface area contributed by atoms with E-state index in [9.17, 15) is 0 Å². The molecular formula is C17H36BrNO. The lowest BCUT2D eigenvalue weighted by Gasteiger charge is -2.05. The van der Waals surface area contributed by atoms with Gasteiger partial charge in [0.05, 0.1) is 4.95 Å². The maximum Gasteiger partial charge on any atom is 0.0627 e. The van der Waals surface area contributed by atoms with E-state index in [1.807, 2.05) is 0 Å². The summed E-state index contributed by atoms with van der Waals surface area (Å²) in [5, 5.41) is 0. The number of alkyl halides is 1. The van der Waals surface area contributed by atoms with Gasteiger partial charge in [-0.3, -0.25) is 0 Å². The summed E-state index contributed by atoms with van der Waals surface area (Å²) in [5.41, 5.74) is 5.58. The van der Waals surface area contributed by atoms with E-state index in [2.05, 4.69) is 22.9 Å². The van der Waals surface area contributed by atoms with E-state index in [0.29, 0.717) is 0 Å². The zero-order valence-electron chi connectivity index (χ0n) is 13.5. The third kappa shape index (κ3) is 18.4. The van der Waals surface area contributed by atoms with Crippen LogP contribution < -0.4 is 5.73 Å². The summed E-state index contributed by atoms with van der Waals surface area (Å²) < 4.78 is 5.53. The fourth-order valence-corrected chi connectivity index (χ4v) is 2.53. The van der Waals surface area contributed by atoms with Gasteiger partial charge in [0.15, 0.2) is 0 Å². The van der Waals surface area contributed by atoms with E-state index >= 15 is 0 Å². The number of hydrogen-bond acceptors (Lipinski definition) is 2. The molecule has 0 radical (unpaired) electrons. The molecule has 0 aliphatic heterocycles. The number of halogens is 1. The van der Waals surface area contributed by atoms with E-state index in [4.69, 9.17) is 10.5 Å². The van der Waals surface area contributed by atoms with Gasteiger partial charge in [0.1, 0.15) is 0 Å². The van der Waals surface area contributed by atoms with Gasteiger partial charge in [0.2, 0.25) is 0 Å². The second-order valence-corrected chi connectivity index (χ2v) is 6.98. The predicted octanol–water partition coefficient (Wildman–Crippen LogP) is 5.77. The molecule has 0 aromatic heterocycles. The molecule has 0 bridgehead atoms. The average molecular weight is 350 g/mol. The van der Waals surface area contributed by atoms with Gasteiger partial charge in [0, 0.05) is 13.2 Å². The van der Waals surface area contributed by atoms with Crippen LogP contribution in [0.15, 0.2) is 0 Å². The fraction of sp³-hybridized carbons (Fsp3) is 1.00. The molecule has 1 unspecified atom stereocenters. The van der Waals surface area contributed by atoms with Crippen molar-refractivity contribution in [2.45, 2.75) is 95.3 Å². The molecule has 0 spiro atoms. The Morgan fingerprint density at radius 3 is 1.65 bits per heavy atom. The molecular weight excluding hydrogens is 314 g/mol. The van der Waals surface area contributed by atoms with E-state index in [-0.39, 0.29) is 4.95 Å². The largest absolute Gasteiger partial charge is 0.381 e. The Bertz CT molecular complexity index is 176. The Morgan fingerprint density at radius 1 is 0.750 bits per heavy atom. The van der Waals surface area contributed by atoms with Crippen molar-refractivity contribution in [1.82, 2.24) is 0 Å². The summed E-state index contributed by atoms with van der Waals surface area (Å²) >= 11 is 3.31. The topological polar surface area (TPSA) is 35.2 Å². The van der Waals surface area contributed by atoms with Crippen LogP contribution in [0.2, 0.25) is 0 Å². The van der Waals surface area contributed by atoms with Gasteiger partial charge in [-0.2, -0.15) is 0 Å². The maximum absolute atomic E-state index is 5.58. The molecule has 122 valence electrons. The highest BCUT2D eigenvalue weighted by Gasteiger charge is 1.96. The Hall–Kier alpha value is 0.400. The first-order chi connectivity index (χ1) is 9.77. The highest BCUT2D eigenvalue weighted by Crippen LogP contribution is 2.11. The molecule has 0 aliphatic rings. The molecule has 20 heavy (non-hydrogen) atoms. The van der Waals surface area contributed by atoms with Crippen molar-refractivity contribution in [3.8, 4) is 0 Å². The molecule has 0 aromatic rings. The van der Waals surface area contributed by atoms with Crippen molar-refractivity contribution in [3.05, 3.63) is 0 Å². The number of rotatable bonds is 16. The quantitative estimate of drug-likeness (QED) is 0.218. The second-order valence-electron chi connectivity index (χ2n) is 5.81. The van der Waals surface area contributed by atoms with Gasteiger partial charge in [0.25, 0.3) is 0 Å². The van der Waals surface area contributed by atoms with Crippen LogP contribution in [0.25, 0.3) is 0 Å². The Labute approximate surface area is 135 Å². The summed E-state index contributed by atoms with van der Waals surface area (Å²) in [6.45, 7) is 3.96. The number of hydrogen-bond donors (Lipinski definition) is 1. The normalized spacial score (nSPS) is 12.8. The van der Waals surface area contributed by atoms with Crippen LogP contribution in [0.4, 0.5) is 0 Å². The van der Waals surface area contributed by atoms with Crippen molar-refractivity contribution in [2.24, 2.45) is 5.73 Å². The lowest BCUT2D eigenvalue weighted by Crippen LogP contribution is -2.13. The minimum Gasteiger partial charge on any atom is -0.381 e. The van der Waals surface area contributed by atoms with Gasteiger partial charge < -0.3 is 10.5 Å². The zero-order valence-corrected chi connectivity index (χ0v) is 15.1. The molecule has 0 amide bonds. The third-order valence-corrected chi connectivity index (χ3v) is 4.14. The molecule has 0 aromatic carbocycles. The van der Waals surface area contributed by atoms with Gasteiger partial charge in [-0.15, -0.1) is 0 Å². The minimum atomic E-state index is 0.0875. The Balaban J connectivity index is 2.92. The Kier molecular flexibility index (Phi) is 17.8. The number of unbranched alkanes of at least 4 members (excludes halogenated alkanes) is 11. The summed E-state index contributed by atoms with van der Waals surface area (Å²) in [6.07, 6.45) is 17.6. The van der Waals surface area contributed by atoms with Gasteiger partial charge in [-0.1, -0.05) is 93.5 Å². The summed E-state index contributed by atoms with van der Waals surface area (Å²) in [7, 11) is 0. The average Bonchev–Trinajstić information content (AvgIpc) is 2.43. The minimum absolute atomic E-state index is 0.0875. The molecule has 0 saturated carbocycles. The van der Waals surface area contributed by atoms with Crippen molar-refractivity contribution in [3.63, 3.8) is 0 Å². The van der Waals surface area contributed by atoms with E-state index in [1.165, 1.54) is 77.0 Å². The van der Waals surface area contributed by atoms with Gasteiger partial charge in [-0.25, -0.2) is 0 Å². The summed E-state index contributed by atoms with van der Waals surface area (Å²) in [4.78, 5) is 0.0875. The van der Waals surface area contributed by atoms with Gasteiger partial charge >= 0.3 is 0 Å². The number of nitrogens with two attached hydrogens (primary N) is 1. The molecule has 2 nitrogen and oxygen atoms in total. The molecule has 0 aliphatic carbocycles. The van der Waals surface area contributed by atoms with Crippen LogP contribution >= 0.6 is 15.9 Å². The SMILES string of the molecule is CCCCCCCCCCCCCCOCCC(N)Br. The van der Waals surface area contributed by atoms with Crippen LogP contribution in [0.3, 0.4) is 0 Å². The van der Waals surface area contributed by atoms with Crippen molar-refractivity contribution >= 4 is 15.9 Å². The monoisotopic (exact) mass is 349 g/mol. The van der Waals surface area contributed by atoms with Gasteiger partial charge in [-0.05, 0) is 12.8 Å². The van der Waals surface area contributed by atoms with Crippen molar-refractivity contribution in [1.29, 1.82) is 0 Å². The summed E-state index contributed by atoms with van der Waals surface area (Å²) in [5.74, 6) is 0. The lowest BCUT2D eigenvalue weighted by atomic mass is 10.1. The van der Waals surface area contributed by atoms with Crippen molar-refractivity contribution < 1.29 is 4.74 Å². The first-order valence-electron chi connectivity index (χ1n) is 8.74. The van der Waals surface area contributed by atoms with Crippen LogP contribution in [0.5, 0.6) is 0 Å². The molecule has 2 N–H and O–H groups in total. The lowest BCUT2D eigenvalue weighted by molar-refractivity contribution is 0.127. The second kappa shape index (κ2) is 17.5. The fourth-order valence-electron chi connectivity index (χ4n) is 2.34. The van der Waals surface area contributed by atoms with E-state index in [1.54, 1.807) is 0 Å². The van der Waals surface area contributed by atoms with Crippen LogP contribution in [0, 0.1) is 0 Å². The zero-order chi connectivity index (χ0) is 14.9. The van der Waals surface area contributed by atoms with Crippen LogP contribution in [0.1, 0.15) is 90.4 Å². The molecule has 0 rings (SSSR count). The highest BCUT2D eigenvalue weighted by molar-refractivity contribution is 9.09. The maximum atomic E-state index is 5.58.